The summed E-state index contributed by atoms with van der Waals surface area (Å²) in [5.74, 6) is 0. The SMILES string of the molecule is Bc1ccc(CNC(=O)OC(C)(C)C)s1. The van der Waals surface area contributed by atoms with Crippen molar-refractivity contribution in [1.29, 1.82) is 0 Å². The van der Waals surface area contributed by atoms with Gasteiger partial charge >= 0.3 is 6.09 Å². The Morgan fingerprint density at radius 2 is 2.20 bits per heavy atom. The molecule has 1 aromatic rings. The standard InChI is InChI=1S/C10H16BNO2S/c1-10(2,3)14-9(13)12-6-7-4-5-8(11)15-7/h4-5H,6,11H2,1-3H3,(H,12,13). The Morgan fingerprint density at radius 1 is 1.53 bits per heavy atom. The molecule has 0 aliphatic carbocycles. The summed E-state index contributed by atoms with van der Waals surface area (Å²) < 4.78 is 6.37. The number of alkyl carbamates (subject to hydrolysis) is 1. The van der Waals surface area contributed by atoms with Crippen LogP contribution in [0.4, 0.5) is 4.79 Å². The van der Waals surface area contributed by atoms with E-state index in [4.69, 9.17) is 4.74 Å². The first-order valence-electron chi connectivity index (χ1n) is 4.89. The molecule has 3 nitrogen and oxygen atoms in total. The maximum absolute atomic E-state index is 11.3. The van der Waals surface area contributed by atoms with Crippen molar-refractivity contribution < 1.29 is 9.53 Å². The van der Waals surface area contributed by atoms with E-state index in [1.807, 2.05) is 40.8 Å². The van der Waals surface area contributed by atoms with Crippen molar-refractivity contribution in [3.63, 3.8) is 0 Å². The molecule has 1 heterocycles. The number of nitrogens with one attached hydrogen (secondary N) is 1. The Labute approximate surface area is 95.2 Å². The Balaban J connectivity index is 2.35. The third-order valence-electron chi connectivity index (χ3n) is 1.60. The van der Waals surface area contributed by atoms with Crippen LogP contribution in [0.25, 0.3) is 0 Å². The molecule has 5 heteroatoms. The molecule has 1 aromatic heterocycles. The number of rotatable bonds is 2. The lowest BCUT2D eigenvalue weighted by Crippen LogP contribution is -2.31. The van der Waals surface area contributed by atoms with Gasteiger partial charge in [-0.15, -0.1) is 0 Å². The van der Waals surface area contributed by atoms with Crippen molar-refractivity contribution in [1.82, 2.24) is 5.32 Å². The van der Waals surface area contributed by atoms with Crippen LogP contribution < -0.4 is 10.1 Å². The van der Waals surface area contributed by atoms with Crippen molar-refractivity contribution >= 4 is 30.1 Å². The Hall–Kier alpha value is -0.965. The topological polar surface area (TPSA) is 38.3 Å². The summed E-state index contributed by atoms with van der Waals surface area (Å²) in [6, 6.07) is 4.05. The van der Waals surface area contributed by atoms with Gasteiger partial charge in [0.05, 0.1) is 6.54 Å². The average molecular weight is 225 g/mol. The first kappa shape index (κ1) is 12.1. The Kier molecular flexibility index (Phi) is 3.80. The van der Waals surface area contributed by atoms with Crippen LogP contribution in [-0.2, 0) is 11.3 Å². The predicted octanol–water partition coefficient (Wildman–Crippen LogP) is 1.03. The number of carbonyl (C=O) groups excluding carboxylic acids is 1. The number of amides is 1. The molecule has 1 rings (SSSR count). The van der Waals surface area contributed by atoms with E-state index in [9.17, 15) is 4.79 Å². The van der Waals surface area contributed by atoms with Gasteiger partial charge in [0.1, 0.15) is 5.60 Å². The van der Waals surface area contributed by atoms with Crippen LogP contribution in [0.3, 0.4) is 0 Å². The van der Waals surface area contributed by atoms with Crippen molar-refractivity contribution in [3.8, 4) is 0 Å². The summed E-state index contributed by atoms with van der Waals surface area (Å²) in [7, 11) is 2.04. The fourth-order valence-electron chi connectivity index (χ4n) is 1.05. The van der Waals surface area contributed by atoms with Crippen molar-refractivity contribution in [2.24, 2.45) is 0 Å². The highest BCUT2D eigenvalue weighted by atomic mass is 32.1. The minimum Gasteiger partial charge on any atom is -0.444 e. The zero-order valence-electron chi connectivity index (χ0n) is 9.59. The Bertz CT molecular complexity index is 343. The summed E-state index contributed by atoms with van der Waals surface area (Å²) in [5, 5.41) is 2.72. The van der Waals surface area contributed by atoms with Crippen LogP contribution in [0.2, 0.25) is 0 Å². The highest BCUT2D eigenvalue weighted by Gasteiger charge is 2.15. The third-order valence-corrected chi connectivity index (χ3v) is 2.60. The van der Waals surface area contributed by atoms with E-state index in [2.05, 4.69) is 5.32 Å². The lowest BCUT2D eigenvalue weighted by Gasteiger charge is -2.19. The molecule has 0 fully saturated rings. The molecule has 1 N–H and O–H groups in total. The lowest BCUT2D eigenvalue weighted by atomic mass is 10.1. The maximum Gasteiger partial charge on any atom is 0.407 e. The van der Waals surface area contributed by atoms with Crippen LogP contribution in [0, 0.1) is 0 Å². The van der Waals surface area contributed by atoms with Crippen molar-refractivity contribution in [2.75, 3.05) is 0 Å². The molecule has 0 atom stereocenters. The Morgan fingerprint density at radius 3 is 2.67 bits per heavy atom. The zero-order chi connectivity index (χ0) is 11.5. The van der Waals surface area contributed by atoms with Gasteiger partial charge in [0.25, 0.3) is 0 Å². The van der Waals surface area contributed by atoms with E-state index < -0.39 is 5.60 Å². The van der Waals surface area contributed by atoms with Crippen LogP contribution in [0.1, 0.15) is 25.6 Å². The van der Waals surface area contributed by atoms with Crippen LogP contribution >= 0.6 is 11.3 Å². The van der Waals surface area contributed by atoms with E-state index in [1.165, 1.54) is 4.78 Å². The lowest BCUT2D eigenvalue weighted by molar-refractivity contribution is 0.0524. The van der Waals surface area contributed by atoms with Gasteiger partial charge in [-0.05, 0) is 31.6 Å². The highest BCUT2D eigenvalue weighted by molar-refractivity contribution is 7.20. The molecule has 15 heavy (non-hydrogen) atoms. The molecular formula is C10H16BNO2S. The fourth-order valence-corrected chi connectivity index (χ4v) is 1.88. The van der Waals surface area contributed by atoms with Crippen LogP contribution in [-0.4, -0.2) is 19.5 Å². The molecule has 0 unspecified atom stereocenters. The van der Waals surface area contributed by atoms with Gasteiger partial charge in [0.15, 0.2) is 7.85 Å². The molecule has 1 amide bonds. The number of thiophene rings is 1. The van der Waals surface area contributed by atoms with Gasteiger partial charge in [-0.1, -0.05) is 6.07 Å². The quantitative estimate of drug-likeness (QED) is 0.763. The molecular weight excluding hydrogens is 209 g/mol. The summed E-state index contributed by atoms with van der Waals surface area (Å²) in [5.41, 5.74) is -0.435. The van der Waals surface area contributed by atoms with Gasteiger partial charge < -0.3 is 10.1 Å². The number of hydrogen-bond donors (Lipinski definition) is 1. The van der Waals surface area contributed by atoms with Crippen molar-refractivity contribution in [2.45, 2.75) is 32.9 Å². The zero-order valence-corrected chi connectivity index (χ0v) is 10.4. The normalized spacial score (nSPS) is 11.1. The van der Waals surface area contributed by atoms with Gasteiger partial charge in [-0.2, -0.15) is 11.3 Å². The minimum atomic E-state index is -0.435. The number of carbonyl (C=O) groups is 1. The summed E-state index contributed by atoms with van der Waals surface area (Å²) in [4.78, 5) is 12.4. The summed E-state index contributed by atoms with van der Waals surface area (Å²) in [6.45, 7) is 6.08. The minimum absolute atomic E-state index is 0.367. The smallest absolute Gasteiger partial charge is 0.407 e. The predicted molar refractivity (Wildman–Crippen MR) is 65.6 cm³/mol. The molecule has 0 aliphatic heterocycles. The second-order valence-electron chi connectivity index (χ2n) is 4.37. The van der Waals surface area contributed by atoms with E-state index in [0.717, 1.165) is 4.88 Å². The first-order chi connectivity index (χ1) is 6.87. The van der Waals surface area contributed by atoms with Gasteiger partial charge in [-0.25, -0.2) is 4.79 Å². The summed E-state index contributed by atoms with van der Waals surface area (Å²) in [6.07, 6.45) is -0.367. The van der Waals surface area contributed by atoms with E-state index >= 15 is 0 Å². The van der Waals surface area contributed by atoms with Crippen LogP contribution in [0.5, 0.6) is 0 Å². The number of ether oxygens (including phenoxy) is 1. The first-order valence-corrected chi connectivity index (χ1v) is 5.70. The highest BCUT2D eigenvalue weighted by Crippen LogP contribution is 2.08. The van der Waals surface area contributed by atoms with Crippen molar-refractivity contribution in [3.05, 3.63) is 17.0 Å². The molecule has 0 saturated heterocycles. The van der Waals surface area contributed by atoms with E-state index in [0.29, 0.717) is 6.54 Å². The maximum atomic E-state index is 11.3. The largest absolute Gasteiger partial charge is 0.444 e. The molecule has 82 valence electrons. The molecule has 0 aliphatic rings. The van der Waals surface area contributed by atoms with Gasteiger partial charge in [0, 0.05) is 4.88 Å². The second-order valence-corrected chi connectivity index (χ2v) is 5.74. The second kappa shape index (κ2) is 4.70. The fraction of sp³-hybridized carbons (Fsp3) is 0.500. The van der Waals surface area contributed by atoms with Gasteiger partial charge in [0.2, 0.25) is 0 Å². The molecule has 0 spiro atoms. The molecule has 0 bridgehead atoms. The van der Waals surface area contributed by atoms with Crippen LogP contribution in [0.15, 0.2) is 12.1 Å². The molecule has 0 aromatic carbocycles. The molecule has 0 saturated carbocycles. The average Bonchev–Trinajstić information content (AvgIpc) is 2.45. The number of hydrogen-bond acceptors (Lipinski definition) is 3. The van der Waals surface area contributed by atoms with E-state index in [1.54, 1.807) is 11.3 Å². The summed E-state index contributed by atoms with van der Waals surface area (Å²) >= 11 is 1.68. The monoisotopic (exact) mass is 225 g/mol. The van der Waals surface area contributed by atoms with Gasteiger partial charge in [-0.3, -0.25) is 0 Å². The molecule has 0 radical (unpaired) electrons. The van der Waals surface area contributed by atoms with E-state index in [-0.39, 0.29) is 6.09 Å². The third kappa shape index (κ3) is 4.88.